The number of hydrogen-bond acceptors (Lipinski definition) is 5. The number of hydrogen-bond donors (Lipinski definition) is 2. The van der Waals surface area contributed by atoms with Crippen LogP contribution in [0.1, 0.15) is 10.4 Å². The second-order valence-corrected chi connectivity index (χ2v) is 6.26. The molecule has 0 aliphatic heterocycles. The van der Waals surface area contributed by atoms with Gasteiger partial charge in [-0.15, -0.1) is 0 Å². The molecular formula is C17H16BrClN2O5. The summed E-state index contributed by atoms with van der Waals surface area (Å²) in [4.78, 5) is 23.9. The van der Waals surface area contributed by atoms with Gasteiger partial charge in [0.2, 0.25) is 0 Å². The van der Waals surface area contributed by atoms with Crippen LogP contribution < -0.4 is 25.1 Å². The predicted octanol–water partition coefficient (Wildman–Crippen LogP) is 2.96. The number of amides is 2. The monoisotopic (exact) mass is 442 g/mol. The maximum absolute atomic E-state index is 12.1. The number of halogens is 2. The van der Waals surface area contributed by atoms with Crippen molar-refractivity contribution in [3.8, 4) is 17.2 Å². The predicted molar refractivity (Wildman–Crippen MR) is 99.8 cm³/mol. The van der Waals surface area contributed by atoms with Crippen molar-refractivity contribution in [1.82, 2.24) is 10.9 Å². The standard InChI is InChI=1S/C17H16BrClN2O5/c1-24-14-5-3-10(7-15(14)25-2)17(23)21-20-16(22)9-26-13-6-4-11(18)8-12(13)19/h3-8H,9H2,1-2H3,(H,20,22)(H,21,23). The third-order valence-electron chi connectivity index (χ3n) is 3.21. The molecule has 2 rings (SSSR count). The van der Waals surface area contributed by atoms with Crippen molar-refractivity contribution in [2.75, 3.05) is 20.8 Å². The van der Waals surface area contributed by atoms with Gasteiger partial charge in [0, 0.05) is 10.0 Å². The molecule has 26 heavy (non-hydrogen) atoms. The minimum Gasteiger partial charge on any atom is -0.493 e. The van der Waals surface area contributed by atoms with Crippen LogP contribution in [0.2, 0.25) is 5.02 Å². The van der Waals surface area contributed by atoms with Gasteiger partial charge in [-0.1, -0.05) is 27.5 Å². The minimum absolute atomic E-state index is 0.292. The van der Waals surface area contributed by atoms with E-state index in [0.29, 0.717) is 27.8 Å². The molecule has 0 saturated carbocycles. The summed E-state index contributed by atoms with van der Waals surface area (Å²) in [5.41, 5.74) is 4.84. The normalized spacial score (nSPS) is 10.0. The smallest absolute Gasteiger partial charge is 0.276 e. The van der Waals surface area contributed by atoms with Crippen molar-refractivity contribution in [2.45, 2.75) is 0 Å². The molecule has 7 nitrogen and oxygen atoms in total. The lowest BCUT2D eigenvalue weighted by Gasteiger charge is -2.11. The average Bonchev–Trinajstić information content (AvgIpc) is 2.64. The van der Waals surface area contributed by atoms with E-state index in [4.69, 9.17) is 25.8 Å². The highest BCUT2D eigenvalue weighted by atomic mass is 79.9. The number of rotatable bonds is 6. The molecule has 0 aromatic heterocycles. The molecule has 138 valence electrons. The van der Waals surface area contributed by atoms with Crippen LogP contribution in [0.25, 0.3) is 0 Å². The Labute approximate surface area is 163 Å². The number of carbonyl (C=O) groups is 2. The van der Waals surface area contributed by atoms with Crippen LogP contribution in [0.5, 0.6) is 17.2 Å². The van der Waals surface area contributed by atoms with Gasteiger partial charge >= 0.3 is 0 Å². The Morgan fingerprint density at radius 3 is 2.35 bits per heavy atom. The van der Waals surface area contributed by atoms with Gasteiger partial charge in [0.25, 0.3) is 11.8 Å². The number of ether oxygens (including phenoxy) is 3. The number of carbonyl (C=O) groups excluding carboxylic acids is 2. The third kappa shape index (κ3) is 5.27. The number of hydrazine groups is 1. The van der Waals surface area contributed by atoms with Crippen LogP contribution in [0.3, 0.4) is 0 Å². The van der Waals surface area contributed by atoms with Crippen LogP contribution >= 0.6 is 27.5 Å². The lowest BCUT2D eigenvalue weighted by Crippen LogP contribution is -2.43. The number of nitrogens with one attached hydrogen (secondary N) is 2. The molecule has 0 radical (unpaired) electrons. The fourth-order valence-corrected chi connectivity index (χ4v) is 2.68. The Balaban J connectivity index is 1.87. The molecule has 0 aliphatic carbocycles. The first-order chi connectivity index (χ1) is 12.4. The summed E-state index contributed by atoms with van der Waals surface area (Å²) >= 11 is 9.27. The van der Waals surface area contributed by atoms with Crippen molar-refractivity contribution in [3.63, 3.8) is 0 Å². The summed E-state index contributed by atoms with van der Waals surface area (Å²) in [5, 5.41) is 0.363. The molecular weight excluding hydrogens is 428 g/mol. The first kappa shape index (κ1) is 19.9. The Hall–Kier alpha value is -2.45. The van der Waals surface area contributed by atoms with Gasteiger partial charge in [-0.25, -0.2) is 0 Å². The fraction of sp³-hybridized carbons (Fsp3) is 0.176. The summed E-state index contributed by atoms with van der Waals surface area (Å²) in [7, 11) is 2.96. The Bertz CT molecular complexity index is 816. The zero-order chi connectivity index (χ0) is 19.1. The van der Waals surface area contributed by atoms with E-state index >= 15 is 0 Å². The molecule has 2 aromatic rings. The topological polar surface area (TPSA) is 85.9 Å². The molecule has 0 atom stereocenters. The lowest BCUT2D eigenvalue weighted by atomic mass is 10.2. The van der Waals surface area contributed by atoms with Gasteiger partial charge in [0.05, 0.1) is 19.2 Å². The largest absolute Gasteiger partial charge is 0.493 e. The van der Waals surface area contributed by atoms with E-state index in [-0.39, 0.29) is 6.61 Å². The maximum atomic E-state index is 12.1. The Kier molecular flexibility index (Phi) is 7.11. The van der Waals surface area contributed by atoms with E-state index < -0.39 is 11.8 Å². The van der Waals surface area contributed by atoms with Crippen LogP contribution in [0.4, 0.5) is 0 Å². The van der Waals surface area contributed by atoms with Gasteiger partial charge in [-0.05, 0) is 36.4 Å². The molecule has 0 saturated heterocycles. The quantitative estimate of drug-likeness (QED) is 0.671. The molecule has 0 fully saturated rings. The number of methoxy groups -OCH3 is 2. The van der Waals surface area contributed by atoms with E-state index in [1.54, 1.807) is 30.3 Å². The highest BCUT2D eigenvalue weighted by molar-refractivity contribution is 9.10. The molecule has 0 aliphatic rings. The lowest BCUT2D eigenvalue weighted by molar-refractivity contribution is -0.123. The van der Waals surface area contributed by atoms with Crippen molar-refractivity contribution in [1.29, 1.82) is 0 Å². The first-order valence-corrected chi connectivity index (χ1v) is 8.50. The SMILES string of the molecule is COc1ccc(C(=O)NNC(=O)COc2ccc(Br)cc2Cl)cc1OC. The summed E-state index contributed by atoms with van der Waals surface area (Å²) in [6.45, 7) is -0.312. The van der Waals surface area contributed by atoms with Gasteiger partial charge in [-0.3, -0.25) is 20.4 Å². The molecule has 0 unspecified atom stereocenters. The molecule has 0 bridgehead atoms. The number of benzene rings is 2. The summed E-state index contributed by atoms with van der Waals surface area (Å²) in [6, 6.07) is 9.64. The van der Waals surface area contributed by atoms with E-state index in [0.717, 1.165) is 4.47 Å². The van der Waals surface area contributed by atoms with E-state index in [1.165, 1.54) is 20.3 Å². The molecule has 2 aromatic carbocycles. The van der Waals surface area contributed by atoms with Crippen LogP contribution in [0, 0.1) is 0 Å². The highest BCUT2D eigenvalue weighted by Crippen LogP contribution is 2.28. The van der Waals surface area contributed by atoms with Crippen molar-refractivity contribution >= 4 is 39.3 Å². The van der Waals surface area contributed by atoms with E-state index in [9.17, 15) is 9.59 Å². The Morgan fingerprint density at radius 2 is 1.69 bits per heavy atom. The van der Waals surface area contributed by atoms with Crippen molar-refractivity contribution < 1.29 is 23.8 Å². The fourth-order valence-electron chi connectivity index (χ4n) is 1.95. The zero-order valence-electron chi connectivity index (χ0n) is 14.0. The minimum atomic E-state index is -0.544. The van der Waals surface area contributed by atoms with Crippen molar-refractivity contribution in [2.24, 2.45) is 0 Å². The molecule has 0 spiro atoms. The van der Waals surface area contributed by atoms with Crippen LogP contribution in [0.15, 0.2) is 40.9 Å². The van der Waals surface area contributed by atoms with Gasteiger partial charge in [-0.2, -0.15) is 0 Å². The van der Waals surface area contributed by atoms with Gasteiger partial charge < -0.3 is 14.2 Å². The summed E-state index contributed by atoms with van der Waals surface area (Å²) < 4.78 is 16.3. The van der Waals surface area contributed by atoms with Gasteiger partial charge in [0.1, 0.15) is 5.75 Å². The zero-order valence-corrected chi connectivity index (χ0v) is 16.3. The maximum Gasteiger partial charge on any atom is 0.276 e. The molecule has 2 amide bonds. The Morgan fingerprint density at radius 1 is 1.00 bits per heavy atom. The molecule has 2 N–H and O–H groups in total. The van der Waals surface area contributed by atoms with Crippen molar-refractivity contribution in [3.05, 3.63) is 51.5 Å². The summed E-state index contributed by atoms with van der Waals surface area (Å²) in [6.07, 6.45) is 0. The second kappa shape index (κ2) is 9.30. The molecule has 0 heterocycles. The first-order valence-electron chi connectivity index (χ1n) is 7.33. The molecule has 9 heteroatoms. The average molecular weight is 444 g/mol. The second-order valence-electron chi connectivity index (χ2n) is 4.94. The highest BCUT2D eigenvalue weighted by Gasteiger charge is 2.12. The third-order valence-corrected chi connectivity index (χ3v) is 4.00. The van der Waals surface area contributed by atoms with Gasteiger partial charge in [0.15, 0.2) is 18.1 Å². The van der Waals surface area contributed by atoms with Crippen LogP contribution in [-0.2, 0) is 4.79 Å². The summed E-state index contributed by atoms with van der Waals surface area (Å²) in [5.74, 6) is 0.197. The van der Waals surface area contributed by atoms with E-state index in [2.05, 4.69) is 26.8 Å². The van der Waals surface area contributed by atoms with Crippen LogP contribution in [-0.4, -0.2) is 32.6 Å². The van der Waals surface area contributed by atoms with E-state index in [1.807, 2.05) is 0 Å².